The van der Waals surface area contributed by atoms with Crippen molar-refractivity contribution in [1.82, 2.24) is 0 Å². The van der Waals surface area contributed by atoms with Crippen LogP contribution in [0.1, 0.15) is 20.3 Å². The lowest BCUT2D eigenvalue weighted by Crippen LogP contribution is -1.95. The molecule has 9 heavy (non-hydrogen) atoms. The summed E-state index contributed by atoms with van der Waals surface area (Å²) in [6.45, 7) is 3.92. The van der Waals surface area contributed by atoms with E-state index in [-0.39, 0.29) is 5.78 Å². The molecule has 0 amide bonds. The van der Waals surface area contributed by atoms with Crippen LogP contribution >= 0.6 is 0 Å². The van der Waals surface area contributed by atoms with Crippen molar-refractivity contribution in [3.05, 3.63) is 12.3 Å². The van der Waals surface area contributed by atoms with Crippen LogP contribution in [-0.4, -0.2) is 12.4 Å². The molecule has 0 rings (SSSR count). The van der Waals surface area contributed by atoms with Crippen molar-refractivity contribution in [3.63, 3.8) is 0 Å². The van der Waals surface area contributed by atoms with E-state index in [0.717, 1.165) is 0 Å². The van der Waals surface area contributed by atoms with Crippen LogP contribution in [0.15, 0.2) is 12.3 Å². The van der Waals surface area contributed by atoms with Crippen LogP contribution in [0, 0.1) is 0 Å². The second-order valence-corrected chi connectivity index (χ2v) is 1.79. The first-order chi connectivity index (χ1) is 4.27. The van der Waals surface area contributed by atoms with Gasteiger partial charge in [0.15, 0.2) is 0 Å². The molecule has 0 spiro atoms. The first-order valence-corrected chi connectivity index (χ1v) is 2.99. The van der Waals surface area contributed by atoms with Gasteiger partial charge in [-0.25, -0.2) is 0 Å². The number of allylic oxidation sites excluding steroid dienone is 1. The van der Waals surface area contributed by atoms with E-state index in [4.69, 9.17) is 4.74 Å². The van der Waals surface area contributed by atoms with E-state index in [2.05, 4.69) is 0 Å². The molecule has 2 nitrogen and oxygen atoms in total. The zero-order chi connectivity index (χ0) is 7.11. The third-order valence-electron chi connectivity index (χ3n) is 0.804. The maximum atomic E-state index is 10.3. The van der Waals surface area contributed by atoms with Crippen LogP contribution in [0.2, 0.25) is 0 Å². The van der Waals surface area contributed by atoms with Crippen LogP contribution in [0.4, 0.5) is 0 Å². The van der Waals surface area contributed by atoms with Gasteiger partial charge in [0.1, 0.15) is 5.78 Å². The average molecular weight is 128 g/mol. The third-order valence-corrected chi connectivity index (χ3v) is 0.804. The molecule has 0 saturated carbocycles. The Labute approximate surface area is 55.5 Å². The lowest BCUT2D eigenvalue weighted by Gasteiger charge is -1.94. The van der Waals surface area contributed by atoms with Gasteiger partial charge in [-0.2, -0.15) is 0 Å². The lowest BCUT2D eigenvalue weighted by molar-refractivity contribution is -0.117. The van der Waals surface area contributed by atoms with E-state index >= 15 is 0 Å². The molecule has 0 aromatic heterocycles. The van der Waals surface area contributed by atoms with Crippen molar-refractivity contribution in [1.29, 1.82) is 0 Å². The molecule has 2 heteroatoms. The number of Topliss-reactive ketones (excluding diaryl/α,β-unsaturated/α-hetero) is 1. The standard InChI is InChI=1S/C7H12O2/c1-3-5-9-6-4-7(2)8/h3,5H,4,6H2,1-2H3. The summed E-state index contributed by atoms with van der Waals surface area (Å²) in [7, 11) is 0. The van der Waals surface area contributed by atoms with Crippen molar-refractivity contribution >= 4 is 5.78 Å². The summed E-state index contributed by atoms with van der Waals surface area (Å²) >= 11 is 0. The molecule has 0 saturated heterocycles. The summed E-state index contributed by atoms with van der Waals surface area (Å²) in [5.41, 5.74) is 0. The summed E-state index contributed by atoms with van der Waals surface area (Å²) in [5, 5.41) is 0. The number of carbonyl (C=O) groups is 1. The fourth-order valence-electron chi connectivity index (χ4n) is 0.367. The Bertz CT molecular complexity index is 105. The van der Waals surface area contributed by atoms with Crippen molar-refractivity contribution in [2.24, 2.45) is 0 Å². The van der Waals surface area contributed by atoms with Crippen LogP contribution in [0.5, 0.6) is 0 Å². The molecule has 0 aromatic rings. The quantitative estimate of drug-likeness (QED) is 0.424. The summed E-state index contributed by atoms with van der Waals surface area (Å²) < 4.78 is 4.89. The minimum atomic E-state index is 0.166. The van der Waals surface area contributed by atoms with Crippen LogP contribution in [0.3, 0.4) is 0 Å². The van der Waals surface area contributed by atoms with Crippen molar-refractivity contribution in [2.75, 3.05) is 6.61 Å². The predicted molar refractivity (Wildman–Crippen MR) is 36.1 cm³/mol. The second-order valence-electron chi connectivity index (χ2n) is 1.79. The Morgan fingerprint density at radius 1 is 1.67 bits per heavy atom. The third kappa shape index (κ3) is 7.21. The molecule has 0 aliphatic carbocycles. The highest BCUT2D eigenvalue weighted by atomic mass is 16.5. The van der Waals surface area contributed by atoms with E-state index in [1.54, 1.807) is 19.3 Å². The minimum absolute atomic E-state index is 0.166. The summed E-state index contributed by atoms with van der Waals surface area (Å²) in [5.74, 6) is 0.166. The Kier molecular flexibility index (Phi) is 4.88. The van der Waals surface area contributed by atoms with Crippen LogP contribution in [0.25, 0.3) is 0 Å². The Balaban J connectivity index is 3.01. The summed E-state index contributed by atoms with van der Waals surface area (Å²) in [6, 6.07) is 0. The highest BCUT2D eigenvalue weighted by Gasteiger charge is 1.89. The fourth-order valence-corrected chi connectivity index (χ4v) is 0.367. The molecule has 0 N–H and O–H groups in total. The topological polar surface area (TPSA) is 26.3 Å². The molecule has 0 bridgehead atoms. The molecule has 0 aromatic carbocycles. The van der Waals surface area contributed by atoms with Gasteiger partial charge in [0, 0.05) is 6.42 Å². The number of hydrogen-bond acceptors (Lipinski definition) is 2. The molecule has 0 atom stereocenters. The number of ether oxygens (including phenoxy) is 1. The monoisotopic (exact) mass is 128 g/mol. The van der Waals surface area contributed by atoms with Gasteiger partial charge in [0.25, 0.3) is 0 Å². The average Bonchev–Trinajstić information content (AvgIpc) is 1.80. The first kappa shape index (κ1) is 8.21. The molecule has 0 unspecified atom stereocenters. The van der Waals surface area contributed by atoms with Gasteiger partial charge in [0.2, 0.25) is 0 Å². The van der Waals surface area contributed by atoms with Gasteiger partial charge in [0.05, 0.1) is 12.9 Å². The van der Waals surface area contributed by atoms with E-state index in [9.17, 15) is 4.79 Å². The van der Waals surface area contributed by atoms with E-state index in [1.165, 1.54) is 0 Å². The molecule has 0 heterocycles. The SMILES string of the molecule is CC=COCCC(C)=O. The van der Waals surface area contributed by atoms with Gasteiger partial charge in [-0.15, -0.1) is 0 Å². The van der Waals surface area contributed by atoms with Crippen LogP contribution in [-0.2, 0) is 9.53 Å². The molecular weight excluding hydrogens is 116 g/mol. The largest absolute Gasteiger partial charge is 0.501 e. The molecule has 0 fully saturated rings. The maximum absolute atomic E-state index is 10.3. The van der Waals surface area contributed by atoms with E-state index < -0.39 is 0 Å². The van der Waals surface area contributed by atoms with Gasteiger partial charge < -0.3 is 4.74 Å². The molecular formula is C7H12O2. The molecule has 0 aliphatic rings. The van der Waals surface area contributed by atoms with E-state index in [1.807, 2.05) is 6.92 Å². The predicted octanol–water partition coefficient (Wildman–Crippen LogP) is 1.52. The maximum Gasteiger partial charge on any atom is 0.133 e. The Morgan fingerprint density at radius 2 is 2.33 bits per heavy atom. The highest BCUT2D eigenvalue weighted by molar-refractivity contribution is 5.75. The number of rotatable bonds is 4. The van der Waals surface area contributed by atoms with Gasteiger partial charge in [-0.1, -0.05) is 6.08 Å². The van der Waals surface area contributed by atoms with Gasteiger partial charge in [-0.3, -0.25) is 4.79 Å². The normalized spacial score (nSPS) is 10.0. The fraction of sp³-hybridized carbons (Fsp3) is 0.571. The zero-order valence-corrected chi connectivity index (χ0v) is 5.89. The zero-order valence-electron chi connectivity index (χ0n) is 5.89. The van der Waals surface area contributed by atoms with Crippen molar-refractivity contribution in [2.45, 2.75) is 20.3 Å². The summed E-state index contributed by atoms with van der Waals surface area (Å²) in [4.78, 5) is 10.3. The number of ketones is 1. The van der Waals surface area contributed by atoms with Crippen molar-refractivity contribution < 1.29 is 9.53 Å². The molecule has 52 valence electrons. The number of carbonyl (C=O) groups excluding carboxylic acids is 1. The van der Waals surface area contributed by atoms with Crippen molar-refractivity contribution in [3.8, 4) is 0 Å². The van der Waals surface area contributed by atoms with Crippen LogP contribution < -0.4 is 0 Å². The molecule has 0 aliphatic heterocycles. The Morgan fingerprint density at radius 3 is 2.78 bits per heavy atom. The number of hydrogen-bond donors (Lipinski definition) is 0. The van der Waals surface area contributed by atoms with E-state index in [0.29, 0.717) is 13.0 Å². The highest BCUT2D eigenvalue weighted by Crippen LogP contribution is 1.84. The van der Waals surface area contributed by atoms with Gasteiger partial charge >= 0.3 is 0 Å². The Hall–Kier alpha value is -0.790. The second kappa shape index (κ2) is 5.35. The van der Waals surface area contributed by atoms with Gasteiger partial charge in [-0.05, 0) is 13.8 Å². The minimum Gasteiger partial charge on any atom is -0.501 e. The first-order valence-electron chi connectivity index (χ1n) is 2.99. The molecule has 0 radical (unpaired) electrons. The smallest absolute Gasteiger partial charge is 0.133 e. The summed E-state index contributed by atoms with van der Waals surface area (Å²) in [6.07, 6.45) is 3.88. The lowest BCUT2D eigenvalue weighted by atomic mass is 10.3.